The molecular weight excluding hydrogens is 1590 g/mol. The number of rotatable bonds is 6. The Hall–Kier alpha value is -17.4. The van der Waals surface area contributed by atoms with Crippen LogP contribution in [0.15, 0.2) is 461 Å². The fraction of sp³-hybridized carbons (Fsp3) is 0. The first-order chi connectivity index (χ1) is 65.5. The van der Waals surface area contributed by atoms with Gasteiger partial charge in [0, 0.05) is 76.0 Å². The van der Waals surface area contributed by atoms with Crippen molar-refractivity contribution in [3.05, 3.63) is 461 Å². The minimum Gasteiger partial charge on any atom is -0.309 e. The van der Waals surface area contributed by atoms with Gasteiger partial charge < -0.3 is 18.3 Å². The fourth-order valence-corrected chi connectivity index (χ4v) is 23.3. The molecule has 30 aromatic rings. The number of aromatic nitrogens is 4. The summed E-state index contributed by atoms with van der Waals surface area (Å²) in [6.07, 6.45) is 0. The molecule has 0 spiro atoms. The average molecular weight is 1670 g/mol. The molecule has 26 aromatic carbocycles. The molecule has 608 valence electrons. The van der Waals surface area contributed by atoms with E-state index in [1.807, 2.05) is 0 Å². The molecule has 0 radical (unpaired) electrons. The average Bonchev–Trinajstić information content (AvgIpc) is 1.53. The van der Waals surface area contributed by atoms with Crippen molar-refractivity contribution in [1.29, 1.82) is 0 Å². The van der Waals surface area contributed by atoms with Crippen LogP contribution in [0.2, 0.25) is 0 Å². The number of nitrogens with zero attached hydrogens (tertiary/aromatic N) is 4. The highest BCUT2D eigenvalue weighted by Crippen LogP contribution is 2.49. The maximum atomic E-state index is 2.53. The lowest BCUT2D eigenvalue weighted by Crippen LogP contribution is -1.97. The summed E-state index contributed by atoms with van der Waals surface area (Å²) in [5, 5.41) is 45.6. The van der Waals surface area contributed by atoms with E-state index in [0.29, 0.717) is 0 Å². The van der Waals surface area contributed by atoms with Gasteiger partial charge in [0.15, 0.2) is 0 Å². The van der Waals surface area contributed by atoms with E-state index in [0.717, 1.165) is 5.69 Å². The van der Waals surface area contributed by atoms with Gasteiger partial charge >= 0.3 is 0 Å². The van der Waals surface area contributed by atoms with Crippen molar-refractivity contribution in [3.8, 4) is 45.0 Å². The summed E-state index contributed by atoms with van der Waals surface area (Å²) >= 11 is 0. The number of para-hydroxylation sites is 4. The van der Waals surface area contributed by atoms with E-state index in [1.54, 1.807) is 0 Å². The van der Waals surface area contributed by atoms with Crippen LogP contribution in [0.1, 0.15) is 0 Å². The van der Waals surface area contributed by atoms with E-state index in [2.05, 4.69) is 479 Å². The van der Waals surface area contributed by atoms with Crippen LogP contribution in [0.5, 0.6) is 0 Å². The molecule has 0 aliphatic rings. The second-order valence-electron chi connectivity index (χ2n) is 36.0. The lowest BCUT2D eigenvalue weighted by atomic mass is 9.92. The van der Waals surface area contributed by atoms with Crippen molar-refractivity contribution >= 4 is 238 Å². The van der Waals surface area contributed by atoms with Gasteiger partial charge in [-0.05, 0) is 249 Å². The van der Waals surface area contributed by atoms with E-state index >= 15 is 0 Å². The first kappa shape index (κ1) is 72.7. The van der Waals surface area contributed by atoms with Crippen LogP contribution >= 0.6 is 0 Å². The molecule has 0 bridgehead atoms. The van der Waals surface area contributed by atoms with Crippen LogP contribution < -0.4 is 0 Å². The Balaban J connectivity index is 0.000000130. The molecule has 0 saturated heterocycles. The van der Waals surface area contributed by atoms with Gasteiger partial charge in [-0.25, -0.2) is 0 Å². The number of hydrogen-bond acceptors (Lipinski definition) is 0. The van der Waals surface area contributed by atoms with E-state index in [9.17, 15) is 0 Å². The zero-order chi connectivity index (χ0) is 86.1. The first-order valence-corrected chi connectivity index (χ1v) is 45.8. The maximum Gasteiger partial charge on any atom is 0.0547 e. The third-order valence-corrected chi connectivity index (χ3v) is 29.2. The zero-order valence-corrected chi connectivity index (χ0v) is 71.7. The monoisotopic (exact) mass is 1670 g/mol. The summed E-state index contributed by atoms with van der Waals surface area (Å²) in [6.45, 7) is 0. The number of fused-ring (bicyclic) bond motifs is 36. The van der Waals surface area contributed by atoms with Crippen LogP contribution in [0, 0.1) is 0 Å². The van der Waals surface area contributed by atoms with Gasteiger partial charge in [-0.1, -0.05) is 364 Å². The molecule has 0 fully saturated rings. The Bertz CT molecular complexity index is 10300. The molecule has 0 atom stereocenters. The first-order valence-electron chi connectivity index (χ1n) is 45.8. The van der Waals surface area contributed by atoms with Crippen LogP contribution in [-0.2, 0) is 0 Å². The lowest BCUT2D eigenvalue weighted by molar-refractivity contribution is 1.18. The summed E-state index contributed by atoms with van der Waals surface area (Å²) < 4.78 is 9.93. The Morgan fingerprint density at radius 1 is 0.106 bits per heavy atom. The number of benzene rings is 26. The van der Waals surface area contributed by atoms with E-state index in [4.69, 9.17) is 0 Å². The van der Waals surface area contributed by atoms with Gasteiger partial charge in [-0.2, -0.15) is 0 Å². The summed E-state index contributed by atoms with van der Waals surface area (Å²) in [5.41, 5.74) is 19.1. The molecular formula is C128H76N4. The van der Waals surface area contributed by atoms with Gasteiger partial charge in [-0.3, -0.25) is 0 Å². The molecule has 4 nitrogen and oxygen atoms in total. The zero-order valence-electron chi connectivity index (χ0n) is 71.7. The highest BCUT2D eigenvalue weighted by Gasteiger charge is 2.25. The summed E-state index contributed by atoms with van der Waals surface area (Å²) in [6, 6.07) is 172. The van der Waals surface area contributed by atoms with Crippen molar-refractivity contribution in [2.75, 3.05) is 0 Å². The van der Waals surface area contributed by atoms with E-state index in [-0.39, 0.29) is 0 Å². The van der Waals surface area contributed by atoms with Gasteiger partial charge in [0.05, 0.1) is 55.5 Å². The summed E-state index contributed by atoms with van der Waals surface area (Å²) in [4.78, 5) is 0. The molecule has 0 saturated carbocycles. The SMILES string of the molecule is c1ccc2c(c1)ccc1c3ccc(-n4c5ccccc5c5cc(-c6ccc7c8ccccc8n(-c8ccc9c(ccc%10c%11ccccc%11ccc9%10)c8)c7c6)ccc54)cc3ccc21.c1ccc2c(c1)ccc1cc(-n3c4ccccc4c4cc(-c5ccc6c7ccccc7n(-c7cc8ccc9ccccc9c8c8c7ccc7ccccc78)c6c5)ccc43)c3ccc4ccccc4c3c12. The minimum atomic E-state index is 1.16. The highest BCUT2D eigenvalue weighted by molar-refractivity contribution is 6.33. The molecule has 0 aliphatic heterocycles. The van der Waals surface area contributed by atoms with Gasteiger partial charge in [0.1, 0.15) is 0 Å². The van der Waals surface area contributed by atoms with Crippen molar-refractivity contribution in [2.45, 2.75) is 0 Å². The van der Waals surface area contributed by atoms with Crippen molar-refractivity contribution in [1.82, 2.24) is 18.3 Å². The smallest absolute Gasteiger partial charge is 0.0547 e. The van der Waals surface area contributed by atoms with Crippen LogP contribution in [0.4, 0.5) is 0 Å². The summed E-state index contributed by atoms with van der Waals surface area (Å²) in [7, 11) is 0. The normalized spacial score (nSPS) is 12.2. The predicted octanol–water partition coefficient (Wildman–Crippen LogP) is 35.2. The Morgan fingerprint density at radius 3 is 0.750 bits per heavy atom. The Labute approximate surface area is 757 Å². The Kier molecular flexibility index (Phi) is 15.4. The van der Waals surface area contributed by atoms with E-state index < -0.39 is 0 Å². The van der Waals surface area contributed by atoms with Crippen LogP contribution in [0.3, 0.4) is 0 Å². The molecule has 30 rings (SSSR count). The topological polar surface area (TPSA) is 19.7 Å². The molecule has 0 N–H and O–H groups in total. The molecule has 0 unspecified atom stereocenters. The molecule has 4 heterocycles. The van der Waals surface area contributed by atoms with Crippen molar-refractivity contribution < 1.29 is 0 Å². The van der Waals surface area contributed by atoms with Crippen LogP contribution in [0.25, 0.3) is 283 Å². The molecule has 132 heavy (non-hydrogen) atoms. The molecule has 4 aromatic heterocycles. The second-order valence-corrected chi connectivity index (χ2v) is 36.0. The predicted molar refractivity (Wildman–Crippen MR) is 566 cm³/mol. The minimum absolute atomic E-state index is 1.16. The van der Waals surface area contributed by atoms with Crippen molar-refractivity contribution in [3.63, 3.8) is 0 Å². The largest absolute Gasteiger partial charge is 0.309 e. The standard InChI is InChI=1S/C68H40N2.C60H36N2/c1-5-17-49-41(13-1)25-27-47-39-63(56-34-29-43-15-3-7-19-51(43)67(56)65(47)49)69-60-24-12-10-22-54(60)58-37-45(32-36-61(58)69)46-31-33-55-53-21-9-11-23-59(53)70(62(55)38-46)64-40-48-28-26-42-14-2-6-18-50(42)66(48)68-52-20-8-4-16-44(52)30-35-57(64)68;1-3-11-45-37(9-1)17-25-51-47-30-23-43(33-41(47)20-27-49(45)51)61-58-16-8-6-14-54(58)56-35-39(22-32-59(56)61)40-19-29-55-53-13-5-7-15-57(53)62(60(55)36-40)44-24-31-48-42(34-44)21-28-50-46-12-4-2-10-38(46)18-26-52(48)50/h1-40H;1-36H. The Morgan fingerprint density at radius 2 is 0.341 bits per heavy atom. The van der Waals surface area contributed by atoms with E-state index in [1.165, 1.54) is 277 Å². The quantitative estimate of drug-likeness (QED) is 0.148. The summed E-state index contributed by atoms with van der Waals surface area (Å²) in [5.74, 6) is 0. The third kappa shape index (κ3) is 10.7. The third-order valence-electron chi connectivity index (χ3n) is 29.2. The number of hydrogen-bond donors (Lipinski definition) is 0. The second kappa shape index (κ2) is 28.0. The molecule has 0 aliphatic carbocycles. The fourth-order valence-electron chi connectivity index (χ4n) is 23.3. The van der Waals surface area contributed by atoms with Crippen LogP contribution in [-0.4, -0.2) is 18.3 Å². The van der Waals surface area contributed by atoms with Gasteiger partial charge in [-0.15, -0.1) is 0 Å². The highest BCUT2D eigenvalue weighted by atomic mass is 15.0. The molecule has 0 amide bonds. The van der Waals surface area contributed by atoms with Gasteiger partial charge in [0.25, 0.3) is 0 Å². The maximum absolute atomic E-state index is 2.53. The molecule has 4 heteroatoms. The van der Waals surface area contributed by atoms with Crippen molar-refractivity contribution in [2.24, 2.45) is 0 Å². The van der Waals surface area contributed by atoms with Gasteiger partial charge in [0.2, 0.25) is 0 Å². The lowest BCUT2D eigenvalue weighted by Gasteiger charge is -2.18.